The second-order valence-corrected chi connectivity index (χ2v) is 10.5. The monoisotopic (exact) mass is 482 g/mol. The Hall–Kier alpha value is -3.21. The number of aryl methyl sites for hydroxylation is 1. The van der Waals surface area contributed by atoms with Crippen molar-refractivity contribution in [3.05, 3.63) is 107 Å². The zero-order chi connectivity index (χ0) is 24.3. The Morgan fingerprint density at radius 1 is 0.857 bits per heavy atom. The highest BCUT2D eigenvalue weighted by Gasteiger charge is 2.45. The predicted octanol–water partition coefficient (Wildman–Crippen LogP) is 7.64. The van der Waals surface area contributed by atoms with Gasteiger partial charge in [0.1, 0.15) is 0 Å². The molecular weight excluding hydrogens is 452 g/mol. The quantitative estimate of drug-likeness (QED) is 0.244. The molecule has 1 saturated carbocycles. The Morgan fingerprint density at radius 2 is 1.49 bits per heavy atom. The molecule has 1 fully saturated rings. The molecule has 178 valence electrons. The van der Waals surface area contributed by atoms with Crippen LogP contribution in [0.25, 0.3) is 21.6 Å². The van der Waals surface area contributed by atoms with Crippen molar-refractivity contribution in [3.63, 3.8) is 0 Å². The van der Waals surface area contributed by atoms with Crippen LogP contribution in [0.15, 0.2) is 90.3 Å². The first-order valence-corrected chi connectivity index (χ1v) is 13.1. The third-order valence-electron chi connectivity index (χ3n) is 7.18. The lowest BCUT2D eigenvalue weighted by atomic mass is 9.91. The fourth-order valence-corrected chi connectivity index (χ4v) is 5.91. The number of aliphatic hydroxyl groups is 1. The molecule has 4 aromatic rings. The van der Waals surface area contributed by atoms with Crippen LogP contribution in [0.1, 0.15) is 54.9 Å². The van der Waals surface area contributed by atoms with E-state index in [0.29, 0.717) is 0 Å². The summed E-state index contributed by atoms with van der Waals surface area (Å²) in [6, 6.07) is 29.2. The summed E-state index contributed by atoms with van der Waals surface area (Å²) in [4.78, 5) is 12.5. The normalized spacial score (nSPS) is 15.0. The highest BCUT2D eigenvalue weighted by Crippen LogP contribution is 2.51. The molecule has 1 heterocycles. The summed E-state index contributed by atoms with van der Waals surface area (Å²) in [6.45, 7) is 0. The molecule has 35 heavy (non-hydrogen) atoms. The van der Waals surface area contributed by atoms with E-state index in [-0.39, 0.29) is 11.8 Å². The molecule has 1 aliphatic carbocycles. The number of rotatable bonds is 10. The Kier molecular flexibility index (Phi) is 6.85. The van der Waals surface area contributed by atoms with Gasteiger partial charge < -0.3 is 10.2 Å². The maximum atomic E-state index is 11.2. The van der Waals surface area contributed by atoms with Crippen molar-refractivity contribution in [1.82, 2.24) is 0 Å². The molecule has 5 rings (SSSR count). The lowest BCUT2D eigenvalue weighted by Crippen LogP contribution is -2.12. The van der Waals surface area contributed by atoms with Gasteiger partial charge in [-0.1, -0.05) is 78.9 Å². The highest BCUT2D eigenvalue weighted by molar-refractivity contribution is 7.13. The van der Waals surface area contributed by atoms with E-state index >= 15 is 0 Å². The van der Waals surface area contributed by atoms with Gasteiger partial charge in [-0.25, -0.2) is 0 Å². The van der Waals surface area contributed by atoms with Crippen molar-refractivity contribution < 1.29 is 15.0 Å². The zero-order valence-electron chi connectivity index (χ0n) is 19.7. The summed E-state index contributed by atoms with van der Waals surface area (Å²) < 4.78 is 0. The molecule has 0 spiro atoms. The van der Waals surface area contributed by atoms with Crippen molar-refractivity contribution in [3.8, 4) is 21.6 Å². The zero-order valence-corrected chi connectivity index (χ0v) is 20.5. The Labute approximate surface area is 210 Å². The molecular formula is C31H30O3S. The van der Waals surface area contributed by atoms with Gasteiger partial charge in [-0.3, -0.25) is 4.79 Å². The van der Waals surface area contributed by atoms with Gasteiger partial charge in [0.15, 0.2) is 0 Å². The first kappa shape index (κ1) is 23.5. The molecule has 3 nitrogen and oxygen atoms in total. The predicted molar refractivity (Wildman–Crippen MR) is 143 cm³/mol. The largest absolute Gasteiger partial charge is 0.481 e. The van der Waals surface area contributed by atoms with Gasteiger partial charge in [0.2, 0.25) is 0 Å². The smallest absolute Gasteiger partial charge is 0.304 e. The van der Waals surface area contributed by atoms with Crippen LogP contribution in [0.3, 0.4) is 0 Å². The number of aliphatic hydroxyl groups excluding tert-OH is 1. The van der Waals surface area contributed by atoms with Gasteiger partial charge in [-0.15, -0.1) is 11.3 Å². The molecule has 2 N–H and O–H groups in total. The van der Waals surface area contributed by atoms with E-state index < -0.39 is 12.1 Å². The second-order valence-electron chi connectivity index (χ2n) is 9.60. The van der Waals surface area contributed by atoms with E-state index in [1.807, 2.05) is 30.3 Å². The fraction of sp³-hybridized carbons (Fsp3) is 0.258. The molecule has 4 heteroatoms. The van der Waals surface area contributed by atoms with Crippen LogP contribution in [-0.4, -0.2) is 16.2 Å². The molecule has 1 aromatic heterocycles. The minimum absolute atomic E-state index is 0.152. The molecule has 1 unspecified atom stereocenters. The standard InChI is InChI=1S/C31H30O3S/c32-28(24-5-2-1-3-6-24)8-4-7-25-17-20-35-30(25)26-11-9-22(10-12-26)23-13-15-27(16-14-23)31(18-19-31)21-29(33)34/h1-3,5-6,9-17,20,28,32H,4,7-8,18-19,21H2,(H,33,34). The van der Waals surface area contributed by atoms with E-state index in [1.54, 1.807) is 11.3 Å². The Balaban J connectivity index is 1.23. The fourth-order valence-electron chi connectivity index (χ4n) is 4.95. The van der Waals surface area contributed by atoms with Crippen LogP contribution in [0, 0.1) is 0 Å². The topological polar surface area (TPSA) is 57.5 Å². The number of carbonyl (C=O) groups is 1. The van der Waals surface area contributed by atoms with Crippen molar-refractivity contribution in [2.45, 2.75) is 50.0 Å². The van der Waals surface area contributed by atoms with Crippen LogP contribution in [-0.2, 0) is 16.6 Å². The number of hydrogen-bond donors (Lipinski definition) is 2. The van der Waals surface area contributed by atoms with Crippen LogP contribution >= 0.6 is 11.3 Å². The maximum absolute atomic E-state index is 11.2. The number of carboxylic acids is 1. The van der Waals surface area contributed by atoms with E-state index in [0.717, 1.165) is 54.4 Å². The maximum Gasteiger partial charge on any atom is 0.304 e. The van der Waals surface area contributed by atoms with E-state index in [4.69, 9.17) is 0 Å². The van der Waals surface area contributed by atoms with Gasteiger partial charge in [-0.2, -0.15) is 0 Å². The summed E-state index contributed by atoms with van der Waals surface area (Å²) in [5.74, 6) is -0.720. The van der Waals surface area contributed by atoms with Gasteiger partial charge >= 0.3 is 5.97 Å². The van der Waals surface area contributed by atoms with Gasteiger partial charge in [-0.05, 0) is 76.9 Å². The number of aliphatic carboxylic acids is 1. The number of thiophene rings is 1. The summed E-state index contributed by atoms with van der Waals surface area (Å²) in [6.07, 6.45) is 4.36. The average molecular weight is 483 g/mol. The Morgan fingerprint density at radius 3 is 2.11 bits per heavy atom. The first-order chi connectivity index (χ1) is 17.0. The third-order valence-corrected chi connectivity index (χ3v) is 8.18. The van der Waals surface area contributed by atoms with Crippen molar-refractivity contribution in [1.29, 1.82) is 0 Å². The molecule has 0 amide bonds. The van der Waals surface area contributed by atoms with Crippen molar-refractivity contribution >= 4 is 17.3 Å². The molecule has 1 aliphatic rings. The lowest BCUT2D eigenvalue weighted by Gasteiger charge is -2.14. The van der Waals surface area contributed by atoms with Gasteiger partial charge in [0.25, 0.3) is 0 Å². The third kappa shape index (κ3) is 5.39. The van der Waals surface area contributed by atoms with Crippen molar-refractivity contribution in [2.75, 3.05) is 0 Å². The molecule has 3 aromatic carbocycles. The minimum atomic E-state index is -0.720. The van der Waals surface area contributed by atoms with Gasteiger partial charge in [0.05, 0.1) is 12.5 Å². The summed E-state index contributed by atoms with van der Waals surface area (Å²) >= 11 is 1.77. The number of benzene rings is 3. The summed E-state index contributed by atoms with van der Waals surface area (Å²) in [7, 11) is 0. The van der Waals surface area contributed by atoms with Crippen LogP contribution < -0.4 is 0 Å². The molecule has 0 bridgehead atoms. The molecule has 0 saturated heterocycles. The van der Waals surface area contributed by atoms with Crippen molar-refractivity contribution in [2.24, 2.45) is 0 Å². The number of hydrogen-bond acceptors (Lipinski definition) is 3. The molecule has 1 atom stereocenters. The van der Waals surface area contributed by atoms with Crippen LogP contribution in [0.2, 0.25) is 0 Å². The van der Waals surface area contributed by atoms with E-state index in [2.05, 4.69) is 60.0 Å². The molecule has 0 radical (unpaired) electrons. The van der Waals surface area contributed by atoms with Crippen LogP contribution in [0.5, 0.6) is 0 Å². The first-order valence-electron chi connectivity index (χ1n) is 12.3. The average Bonchev–Trinajstić information content (AvgIpc) is 3.51. The highest BCUT2D eigenvalue weighted by atomic mass is 32.1. The number of carboxylic acid groups (broad SMARTS) is 1. The molecule has 0 aliphatic heterocycles. The van der Waals surface area contributed by atoms with E-state index in [9.17, 15) is 15.0 Å². The summed E-state index contributed by atoms with van der Waals surface area (Å²) in [5, 5.41) is 21.8. The lowest BCUT2D eigenvalue weighted by molar-refractivity contribution is -0.137. The van der Waals surface area contributed by atoms with Gasteiger partial charge in [0, 0.05) is 10.3 Å². The minimum Gasteiger partial charge on any atom is -0.481 e. The van der Waals surface area contributed by atoms with Crippen LogP contribution in [0.4, 0.5) is 0 Å². The SMILES string of the molecule is O=C(O)CC1(c2ccc(-c3ccc(-c4sccc4CCCC(O)c4ccccc4)cc3)cc2)CC1. The van der Waals surface area contributed by atoms with E-state index in [1.165, 1.54) is 16.0 Å². The second kappa shape index (κ2) is 10.2. The summed E-state index contributed by atoms with van der Waals surface area (Å²) in [5.41, 5.74) is 6.83. The Bertz CT molecular complexity index is 1270.